The molecule has 2 aliphatic heterocycles. The van der Waals surface area contributed by atoms with Gasteiger partial charge in [-0.25, -0.2) is 0 Å². The Bertz CT molecular complexity index is 4020. The number of aryl methyl sites for hydroxylation is 2. The monoisotopic (exact) mass is 1090 g/mol. The summed E-state index contributed by atoms with van der Waals surface area (Å²) in [7, 11) is 4.43. The number of fused-ring (bicyclic) bond motifs is 7. The van der Waals surface area contributed by atoms with Crippen molar-refractivity contribution in [1.82, 2.24) is 0 Å². The molecule has 0 radical (unpaired) electrons. The zero-order chi connectivity index (χ0) is 58.4. The third-order valence-electron chi connectivity index (χ3n) is 19.2. The molecule has 0 aliphatic carbocycles. The number of anilines is 2. The van der Waals surface area contributed by atoms with E-state index in [0.29, 0.717) is 0 Å². The van der Waals surface area contributed by atoms with Gasteiger partial charge in [0.1, 0.15) is 0 Å². The van der Waals surface area contributed by atoms with Gasteiger partial charge in [-0.15, -0.1) is 0 Å². The third kappa shape index (κ3) is 9.76. The Morgan fingerprint density at radius 3 is 1.13 bits per heavy atom. The predicted molar refractivity (Wildman–Crippen MR) is 361 cm³/mol. The van der Waals surface area contributed by atoms with Gasteiger partial charge in [-0.3, -0.25) is 0 Å². The van der Waals surface area contributed by atoms with Crippen LogP contribution in [0.2, 0.25) is 0 Å². The van der Waals surface area contributed by atoms with E-state index in [1.807, 2.05) is 0 Å². The molecule has 12 rings (SSSR count). The van der Waals surface area contributed by atoms with Crippen LogP contribution in [0.15, 0.2) is 291 Å². The molecule has 0 saturated heterocycles. The second kappa shape index (κ2) is 22.3. The molecule has 2 nitrogen and oxygen atoms in total. The van der Waals surface area contributed by atoms with Crippen molar-refractivity contribution in [3.8, 4) is 0 Å². The van der Waals surface area contributed by atoms with Gasteiger partial charge >= 0.3 is 0 Å². The van der Waals surface area contributed by atoms with E-state index in [1.54, 1.807) is 0 Å². The van der Waals surface area contributed by atoms with Gasteiger partial charge in [-0.05, 0) is 163 Å². The van der Waals surface area contributed by atoms with E-state index >= 15 is 0 Å². The molecule has 416 valence electrons. The average Bonchev–Trinajstić information content (AvgIpc) is 1.79. The van der Waals surface area contributed by atoms with Crippen LogP contribution in [0.4, 0.5) is 11.4 Å². The van der Waals surface area contributed by atoms with Crippen molar-refractivity contribution in [3.05, 3.63) is 346 Å². The lowest BCUT2D eigenvalue weighted by Crippen LogP contribution is -2.35. The maximum absolute atomic E-state index is 5.12. The highest BCUT2D eigenvalue weighted by atomic mass is 15.2. The largest absolute Gasteiger partial charge is 0.347 e. The number of benzene rings is 10. The minimum absolute atomic E-state index is 0.209. The van der Waals surface area contributed by atoms with Crippen LogP contribution in [0.5, 0.6) is 0 Å². The summed E-state index contributed by atoms with van der Waals surface area (Å²) < 4.78 is 0. The normalized spacial score (nSPS) is 16.9. The molecule has 0 N–H and O–H groups in total. The standard InChI is InChI=1S/C82H78N2/c1-57-29-17-25-43-71(57)81(53-61-33-13-11-14-34-61,59(3)31-27-45-75-79(5,6)77-69-41-21-19-37-63(69)49-51-73(77)83(75)9)55-65-47-48-66(68-40-24-23-39-67(65)68)56-82(54-62-35-15-12-16-36-62,72-44-26-18-30-58(72)2)60(4)32-28-46-76-80(7,8)78-70-42-22-20-38-64(70)50-52-74(78)84(76)10/h11-52H,3-4,53-56H2,1-2,5-10H3/b31-27+,32-28+,75-45+,76-46+. The van der Waals surface area contributed by atoms with Crippen LogP contribution < -0.4 is 9.80 Å². The molecule has 0 bridgehead atoms. The molecule has 2 aliphatic rings. The van der Waals surface area contributed by atoms with Crippen LogP contribution in [0.1, 0.15) is 83.3 Å². The lowest BCUT2D eigenvalue weighted by molar-refractivity contribution is 0.502. The van der Waals surface area contributed by atoms with Crippen LogP contribution in [-0.2, 0) is 47.3 Å². The fourth-order valence-corrected chi connectivity index (χ4v) is 15.0. The first kappa shape index (κ1) is 55.5. The molecule has 0 amide bonds. The van der Waals surface area contributed by atoms with Crippen molar-refractivity contribution < 1.29 is 0 Å². The Morgan fingerprint density at radius 2 is 0.738 bits per heavy atom. The van der Waals surface area contributed by atoms with E-state index in [1.165, 1.54) is 111 Å². The van der Waals surface area contributed by atoms with E-state index in [9.17, 15) is 0 Å². The van der Waals surface area contributed by atoms with E-state index in [2.05, 4.69) is 320 Å². The van der Waals surface area contributed by atoms with E-state index in [0.717, 1.165) is 36.8 Å². The topological polar surface area (TPSA) is 6.48 Å². The molecular formula is C82H78N2. The van der Waals surface area contributed by atoms with E-state index in [-0.39, 0.29) is 10.8 Å². The lowest BCUT2D eigenvalue weighted by Gasteiger charge is -2.39. The van der Waals surface area contributed by atoms with Crippen molar-refractivity contribution >= 4 is 43.7 Å². The van der Waals surface area contributed by atoms with Crippen LogP contribution in [0, 0.1) is 13.8 Å². The molecule has 0 fully saturated rings. The molecule has 10 aromatic carbocycles. The maximum atomic E-state index is 5.12. The van der Waals surface area contributed by atoms with Crippen LogP contribution >= 0.6 is 0 Å². The van der Waals surface area contributed by atoms with Gasteiger partial charge in [0.15, 0.2) is 0 Å². The molecule has 2 unspecified atom stereocenters. The minimum Gasteiger partial charge on any atom is -0.347 e. The molecular weight excluding hydrogens is 1010 g/mol. The fraction of sp³-hybridized carbons (Fsp3) is 0.195. The van der Waals surface area contributed by atoms with Crippen LogP contribution in [-0.4, -0.2) is 14.1 Å². The van der Waals surface area contributed by atoms with Crippen molar-refractivity contribution in [2.24, 2.45) is 0 Å². The maximum Gasteiger partial charge on any atom is 0.0454 e. The zero-order valence-corrected chi connectivity index (χ0v) is 50.4. The van der Waals surface area contributed by atoms with E-state index < -0.39 is 10.8 Å². The second-order valence-electron chi connectivity index (χ2n) is 25.0. The first-order valence-electron chi connectivity index (χ1n) is 30.0. The van der Waals surface area contributed by atoms with Crippen LogP contribution in [0.3, 0.4) is 0 Å². The SMILES string of the molecule is C=C(/C=C/C=C1/N(C)c2ccc3ccccc3c2C1(C)C)C(Cc1ccccc1)(Cc1ccc(CC(Cc2ccccc2)(C(=C)/C=C/C=C2/N(C)c3ccc4ccccc4c3C2(C)C)c2ccccc2C)c2ccccc12)c1ccccc1C. The Kier molecular flexibility index (Phi) is 14.8. The summed E-state index contributed by atoms with van der Waals surface area (Å²) in [6.45, 7) is 24.2. The summed E-state index contributed by atoms with van der Waals surface area (Å²) >= 11 is 0. The van der Waals surface area contributed by atoms with Gasteiger partial charge in [0.2, 0.25) is 0 Å². The quantitative estimate of drug-likeness (QED) is 0.0890. The Hall–Kier alpha value is -8.98. The summed E-state index contributed by atoms with van der Waals surface area (Å²) in [6, 6.07) is 80.8. The van der Waals surface area contributed by atoms with Crippen molar-refractivity contribution in [2.75, 3.05) is 23.9 Å². The first-order valence-corrected chi connectivity index (χ1v) is 30.0. The number of hydrogen-bond acceptors (Lipinski definition) is 2. The number of rotatable bonds is 16. The third-order valence-corrected chi connectivity index (χ3v) is 19.2. The summed E-state index contributed by atoms with van der Waals surface area (Å²) in [5.41, 5.74) is 18.8. The molecule has 0 aromatic heterocycles. The summed E-state index contributed by atoms with van der Waals surface area (Å²) in [5.74, 6) is 0. The minimum atomic E-state index is -0.509. The summed E-state index contributed by atoms with van der Waals surface area (Å²) in [4.78, 5) is 4.77. The van der Waals surface area contributed by atoms with Gasteiger partial charge in [-0.1, -0.05) is 271 Å². The van der Waals surface area contributed by atoms with Crippen molar-refractivity contribution in [1.29, 1.82) is 0 Å². The van der Waals surface area contributed by atoms with Crippen molar-refractivity contribution in [3.63, 3.8) is 0 Å². The Labute approximate surface area is 499 Å². The molecule has 0 saturated carbocycles. The fourth-order valence-electron chi connectivity index (χ4n) is 15.0. The highest BCUT2D eigenvalue weighted by molar-refractivity contribution is 5.96. The average molecular weight is 1090 g/mol. The second-order valence-corrected chi connectivity index (χ2v) is 25.0. The Balaban J connectivity index is 0.963. The number of allylic oxidation sites excluding steroid dienone is 10. The molecule has 2 heterocycles. The van der Waals surface area contributed by atoms with E-state index in [4.69, 9.17) is 13.2 Å². The number of hydrogen-bond donors (Lipinski definition) is 0. The molecule has 2 atom stereocenters. The van der Waals surface area contributed by atoms with Gasteiger partial charge in [0.05, 0.1) is 0 Å². The zero-order valence-electron chi connectivity index (χ0n) is 50.4. The molecule has 10 aromatic rings. The predicted octanol–water partition coefficient (Wildman–Crippen LogP) is 20.1. The molecule has 2 heteroatoms. The number of likely N-dealkylation sites (N-methyl/N-ethyl adjacent to an activating group) is 2. The Morgan fingerprint density at radius 1 is 0.393 bits per heavy atom. The lowest BCUT2D eigenvalue weighted by atomic mass is 9.64. The van der Waals surface area contributed by atoms with Gasteiger partial charge in [0.25, 0.3) is 0 Å². The van der Waals surface area contributed by atoms with Crippen molar-refractivity contribution in [2.45, 2.75) is 88.9 Å². The highest BCUT2D eigenvalue weighted by Crippen LogP contribution is 2.52. The smallest absolute Gasteiger partial charge is 0.0454 e. The molecule has 84 heavy (non-hydrogen) atoms. The molecule has 0 spiro atoms. The van der Waals surface area contributed by atoms with Crippen LogP contribution in [0.25, 0.3) is 32.3 Å². The first-order chi connectivity index (χ1) is 40.6. The summed E-state index contributed by atoms with van der Waals surface area (Å²) in [6.07, 6.45) is 16.9. The summed E-state index contributed by atoms with van der Waals surface area (Å²) in [5, 5.41) is 7.70. The van der Waals surface area contributed by atoms with Gasteiger partial charge in [0, 0.05) is 58.5 Å². The van der Waals surface area contributed by atoms with Gasteiger partial charge < -0.3 is 9.80 Å². The number of nitrogens with zero attached hydrogens (tertiary/aromatic N) is 2. The van der Waals surface area contributed by atoms with Gasteiger partial charge in [-0.2, -0.15) is 0 Å². The highest BCUT2D eigenvalue weighted by Gasteiger charge is 2.43.